The van der Waals surface area contributed by atoms with E-state index in [9.17, 15) is 0 Å². The van der Waals surface area contributed by atoms with Crippen LogP contribution in [0.2, 0.25) is 0 Å². The van der Waals surface area contributed by atoms with Crippen LogP contribution in [-0.2, 0) is 4.74 Å². The summed E-state index contributed by atoms with van der Waals surface area (Å²) in [7, 11) is 0. The third kappa shape index (κ3) is 4.75. The van der Waals surface area contributed by atoms with E-state index < -0.39 is 0 Å². The van der Waals surface area contributed by atoms with Gasteiger partial charge in [0.2, 0.25) is 17.8 Å². The molecular formula is C24H29N7O. The van der Waals surface area contributed by atoms with Gasteiger partial charge in [0.25, 0.3) is 0 Å². The average Bonchev–Trinajstić information content (AvgIpc) is 2.86. The van der Waals surface area contributed by atoms with Crippen molar-refractivity contribution in [3.05, 3.63) is 60.2 Å². The molecule has 0 aliphatic carbocycles. The van der Waals surface area contributed by atoms with Gasteiger partial charge >= 0.3 is 0 Å². The number of aryl methyl sites for hydroxylation is 1. The van der Waals surface area contributed by atoms with Gasteiger partial charge in [0, 0.05) is 50.6 Å². The van der Waals surface area contributed by atoms with E-state index in [2.05, 4.69) is 69.4 Å². The van der Waals surface area contributed by atoms with Crippen molar-refractivity contribution in [2.24, 2.45) is 0 Å². The summed E-state index contributed by atoms with van der Waals surface area (Å²) in [6, 6.07) is 18.8. The Bertz CT molecular complexity index is 1010. The minimum atomic E-state index is 0.575. The maximum Gasteiger partial charge on any atom is 0.233 e. The van der Waals surface area contributed by atoms with Crippen molar-refractivity contribution in [2.45, 2.75) is 6.92 Å². The van der Waals surface area contributed by atoms with Gasteiger partial charge in [-0.2, -0.15) is 15.0 Å². The first-order chi connectivity index (χ1) is 15.7. The number of nitrogens with zero attached hydrogens (tertiary/aromatic N) is 6. The minimum Gasteiger partial charge on any atom is -0.378 e. The van der Waals surface area contributed by atoms with Crippen LogP contribution in [0.15, 0.2) is 54.6 Å². The molecule has 1 N–H and O–H groups in total. The van der Waals surface area contributed by atoms with Crippen molar-refractivity contribution in [2.75, 3.05) is 72.5 Å². The van der Waals surface area contributed by atoms with E-state index in [0.717, 1.165) is 50.9 Å². The topological polar surface area (TPSA) is 69.7 Å². The van der Waals surface area contributed by atoms with Gasteiger partial charge in [-0.25, -0.2) is 0 Å². The summed E-state index contributed by atoms with van der Waals surface area (Å²) in [5, 5.41) is 3.37. The number of morpholine rings is 1. The summed E-state index contributed by atoms with van der Waals surface area (Å²) < 4.78 is 5.51. The number of aromatic nitrogens is 3. The monoisotopic (exact) mass is 431 g/mol. The summed E-state index contributed by atoms with van der Waals surface area (Å²) >= 11 is 0. The molecule has 1 aromatic heterocycles. The Kier molecular flexibility index (Phi) is 6.02. The number of hydrogen-bond acceptors (Lipinski definition) is 8. The van der Waals surface area contributed by atoms with Crippen LogP contribution in [0.25, 0.3) is 0 Å². The number of anilines is 5. The highest BCUT2D eigenvalue weighted by Crippen LogP contribution is 2.23. The van der Waals surface area contributed by atoms with Crippen LogP contribution in [0, 0.1) is 6.92 Å². The average molecular weight is 432 g/mol. The van der Waals surface area contributed by atoms with Crippen LogP contribution in [0.5, 0.6) is 0 Å². The molecule has 0 bridgehead atoms. The molecular weight excluding hydrogens is 402 g/mol. The number of piperazine rings is 1. The molecule has 0 spiro atoms. The zero-order chi connectivity index (χ0) is 21.8. The van der Waals surface area contributed by atoms with Crippen molar-refractivity contribution in [1.82, 2.24) is 15.0 Å². The Labute approximate surface area is 188 Å². The lowest BCUT2D eigenvalue weighted by molar-refractivity contribution is 0.122. The van der Waals surface area contributed by atoms with E-state index in [4.69, 9.17) is 19.7 Å². The highest BCUT2D eigenvalue weighted by Gasteiger charge is 2.23. The molecule has 3 heterocycles. The van der Waals surface area contributed by atoms with Crippen molar-refractivity contribution in [3.63, 3.8) is 0 Å². The van der Waals surface area contributed by atoms with Gasteiger partial charge in [-0.3, -0.25) is 0 Å². The molecule has 8 heteroatoms. The molecule has 2 aliphatic rings. The molecule has 0 saturated carbocycles. The first-order valence-corrected chi connectivity index (χ1v) is 11.2. The van der Waals surface area contributed by atoms with Crippen molar-refractivity contribution in [3.8, 4) is 0 Å². The fourth-order valence-electron chi connectivity index (χ4n) is 4.03. The quantitative estimate of drug-likeness (QED) is 0.661. The second-order valence-corrected chi connectivity index (χ2v) is 8.16. The number of benzene rings is 2. The molecule has 3 aromatic rings. The molecule has 0 unspecified atom stereocenters. The second-order valence-electron chi connectivity index (χ2n) is 8.16. The predicted molar refractivity (Wildman–Crippen MR) is 128 cm³/mol. The van der Waals surface area contributed by atoms with E-state index in [1.54, 1.807) is 0 Å². The van der Waals surface area contributed by atoms with Gasteiger partial charge in [0.05, 0.1) is 13.2 Å². The van der Waals surface area contributed by atoms with E-state index in [-0.39, 0.29) is 0 Å². The Morgan fingerprint density at radius 2 is 1.28 bits per heavy atom. The summed E-state index contributed by atoms with van der Waals surface area (Å²) in [6.45, 7) is 8.64. The second kappa shape index (κ2) is 9.40. The molecule has 2 saturated heterocycles. The zero-order valence-electron chi connectivity index (χ0n) is 18.4. The fraction of sp³-hybridized carbons (Fsp3) is 0.375. The van der Waals surface area contributed by atoms with E-state index in [0.29, 0.717) is 25.1 Å². The zero-order valence-corrected chi connectivity index (χ0v) is 18.4. The van der Waals surface area contributed by atoms with E-state index in [1.807, 2.05) is 12.1 Å². The fourth-order valence-corrected chi connectivity index (χ4v) is 4.03. The molecule has 2 aliphatic heterocycles. The molecule has 0 atom stereocenters. The third-order valence-electron chi connectivity index (χ3n) is 5.90. The molecule has 2 fully saturated rings. The van der Waals surface area contributed by atoms with Gasteiger partial charge in [-0.05, 0) is 31.2 Å². The Hall–Kier alpha value is -3.39. The lowest BCUT2D eigenvalue weighted by Gasteiger charge is -2.36. The Balaban J connectivity index is 1.37. The Morgan fingerprint density at radius 3 is 1.94 bits per heavy atom. The minimum absolute atomic E-state index is 0.575. The molecule has 2 aromatic carbocycles. The van der Waals surface area contributed by atoms with Gasteiger partial charge in [0.1, 0.15) is 0 Å². The van der Waals surface area contributed by atoms with Gasteiger partial charge < -0.3 is 24.8 Å². The smallest absolute Gasteiger partial charge is 0.233 e. The van der Waals surface area contributed by atoms with Gasteiger partial charge in [-0.15, -0.1) is 0 Å². The first-order valence-electron chi connectivity index (χ1n) is 11.2. The van der Waals surface area contributed by atoms with Gasteiger partial charge in [-0.1, -0.05) is 35.9 Å². The molecule has 32 heavy (non-hydrogen) atoms. The van der Waals surface area contributed by atoms with Crippen LogP contribution in [0.1, 0.15) is 5.56 Å². The lowest BCUT2D eigenvalue weighted by atomic mass is 10.2. The summed E-state index contributed by atoms with van der Waals surface area (Å²) in [5.74, 6) is 2.01. The number of para-hydroxylation sites is 1. The van der Waals surface area contributed by atoms with Crippen molar-refractivity contribution >= 4 is 29.2 Å². The van der Waals surface area contributed by atoms with E-state index in [1.165, 1.54) is 11.3 Å². The first kappa shape index (κ1) is 20.5. The van der Waals surface area contributed by atoms with Crippen LogP contribution < -0.4 is 20.0 Å². The van der Waals surface area contributed by atoms with Crippen LogP contribution in [-0.4, -0.2) is 67.4 Å². The molecule has 0 amide bonds. The molecule has 8 nitrogen and oxygen atoms in total. The highest BCUT2D eigenvalue weighted by atomic mass is 16.5. The van der Waals surface area contributed by atoms with Crippen LogP contribution >= 0.6 is 0 Å². The van der Waals surface area contributed by atoms with Crippen molar-refractivity contribution in [1.29, 1.82) is 0 Å². The number of ether oxygens (including phenoxy) is 1. The molecule has 5 rings (SSSR count). The SMILES string of the molecule is Cc1ccc(Nc2nc(N3CCOCC3)nc(N3CCN(c4ccccc4)CC3)n2)cc1. The number of nitrogens with one attached hydrogen (secondary N) is 1. The molecule has 0 radical (unpaired) electrons. The Morgan fingerprint density at radius 1 is 0.688 bits per heavy atom. The highest BCUT2D eigenvalue weighted by molar-refractivity contribution is 5.57. The summed E-state index contributed by atoms with van der Waals surface area (Å²) in [6.07, 6.45) is 0. The van der Waals surface area contributed by atoms with Crippen LogP contribution in [0.3, 0.4) is 0 Å². The van der Waals surface area contributed by atoms with Gasteiger partial charge in [0.15, 0.2) is 0 Å². The predicted octanol–water partition coefficient (Wildman–Crippen LogP) is 3.09. The molecule has 166 valence electrons. The summed E-state index contributed by atoms with van der Waals surface area (Å²) in [4.78, 5) is 21.2. The third-order valence-corrected chi connectivity index (χ3v) is 5.90. The van der Waals surface area contributed by atoms with E-state index >= 15 is 0 Å². The number of rotatable bonds is 5. The summed E-state index contributed by atoms with van der Waals surface area (Å²) in [5.41, 5.74) is 3.45. The number of hydrogen-bond donors (Lipinski definition) is 1. The van der Waals surface area contributed by atoms with Crippen molar-refractivity contribution < 1.29 is 4.74 Å². The normalized spacial score (nSPS) is 16.8. The largest absolute Gasteiger partial charge is 0.378 e. The maximum absolute atomic E-state index is 5.51. The van der Waals surface area contributed by atoms with Crippen LogP contribution in [0.4, 0.5) is 29.2 Å². The standard InChI is InChI=1S/C24H29N7O/c1-19-7-9-20(10-8-19)25-22-26-23(28-24(27-22)31-15-17-32-18-16-31)30-13-11-29(12-14-30)21-5-3-2-4-6-21/h2-10H,11-18H2,1H3,(H,25,26,27,28). The lowest BCUT2D eigenvalue weighted by Crippen LogP contribution is -2.47. The maximum atomic E-state index is 5.51.